The number of amides is 1. The SMILES string of the molecule is O=C1C(=O)N(c2cc(Br)ccn2)C(c2ccccc2)C1C(=O)c1ccccc1. The number of halogens is 1. The van der Waals surface area contributed by atoms with Crippen molar-refractivity contribution >= 4 is 39.2 Å². The van der Waals surface area contributed by atoms with E-state index in [2.05, 4.69) is 20.9 Å². The van der Waals surface area contributed by atoms with Gasteiger partial charge < -0.3 is 0 Å². The monoisotopic (exact) mass is 434 g/mol. The minimum atomic E-state index is -1.13. The third-order valence-electron chi connectivity index (χ3n) is 4.74. The van der Waals surface area contributed by atoms with Crippen molar-refractivity contribution in [3.8, 4) is 0 Å². The lowest BCUT2D eigenvalue weighted by atomic mass is 9.86. The fraction of sp³-hybridized carbons (Fsp3) is 0.0909. The van der Waals surface area contributed by atoms with Crippen LogP contribution in [-0.4, -0.2) is 22.5 Å². The molecule has 1 aromatic heterocycles. The summed E-state index contributed by atoms with van der Waals surface area (Å²) in [5.41, 5.74) is 1.11. The summed E-state index contributed by atoms with van der Waals surface area (Å²) in [4.78, 5) is 44.6. The molecule has 0 aliphatic carbocycles. The van der Waals surface area contributed by atoms with Crippen LogP contribution in [0.3, 0.4) is 0 Å². The van der Waals surface area contributed by atoms with E-state index >= 15 is 0 Å². The zero-order valence-electron chi connectivity index (χ0n) is 14.7. The second kappa shape index (κ2) is 7.48. The van der Waals surface area contributed by atoms with Crippen LogP contribution in [0.15, 0.2) is 83.5 Å². The number of rotatable bonds is 4. The molecule has 138 valence electrons. The van der Waals surface area contributed by atoms with Gasteiger partial charge in [0.15, 0.2) is 5.78 Å². The first kappa shape index (κ1) is 18.3. The summed E-state index contributed by atoms with van der Waals surface area (Å²) >= 11 is 3.37. The Hall–Kier alpha value is -3.12. The van der Waals surface area contributed by atoms with Crippen LogP contribution in [0.4, 0.5) is 5.82 Å². The summed E-state index contributed by atoms with van der Waals surface area (Å²) in [6, 6.07) is 20.3. The summed E-state index contributed by atoms with van der Waals surface area (Å²) in [5.74, 6) is -2.62. The van der Waals surface area contributed by atoms with E-state index in [-0.39, 0.29) is 5.78 Å². The van der Waals surface area contributed by atoms with Gasteiger partial charge in [0.1, 0.15) is 11.7 Å². The van der Waals surface area contributed by atoms with E-state index < -0.39 is 23.7 Å². The Bertz CT molecular complexity index is 1050. The largest absolute Gasteiger partial charge is 0.297 e. The van der Waals surface area contributed by atoms with Crippen molar-refractivity contribution in [1.29, 1.82) is 0 Å². The molecule has 2 unspecified atom stereocenters. The zero-order chi connectivity index (χ0) is 19.7. The van der Waals surface area contributed by atoms with Crippen LogP contribution in [-0.2, 0) is 9.59 Å². The number of aromatic nitrogens is 1. The van der Waals surface area contributed by atoms with Crippen LogP contribution in [0.5, 0.6) is 0 Å². The Labute approximate surface area is 170 Å². The quantitative estimate of drug-likeness (QED) is 0.353. The van der Waals surface area contributed by atoms with Crippen molar-refractivity contribution in [3.05, 3.63) is 94.6 Å². The summed E-state index contributed by atoms with van der Waals surface area (Å²) in [6.07, 6.45) is 1.55. The molecule has 2 atom stereocenters. The molecule has 0 saturated carbocycles. The number of Topliss-reactive ketones (excluding diaryl/α,β-unsaturated/α-hetero) is 2. The Morgan fingerprint density at radius 2 is 1.57 bits per heavy atom. The third kappa shape index (κ3) is 3.16. The fourth-order valence-electron chi connectivity index (χ4n) is 3.48. The lowest BCUT2D eigenvalue weighted by molar-refractivity contribution is -0.135. The lowest BCUT2D eigenvalue weighted by Gasteiger charge is -2.26. The van der Waals surface area contributed by atoms with Gasteiger partial charge in [-0.15, -0.1) is 0 Å². The van der Waals surface area contributed by atoms with Crippen LogP contribution in [0.25, 0.3) is 0 Å². The van der Waals surface area contributed by atoms with Gasteiger partial charge in [-0.2, -0.15) is 0 Å². The predicted octanol–water partition coefficient (Wildman–Crippen LogP) is 4.00. The highest BCUT2D eigenvalue weighted by atomic mass is 79.9. The zero-order valence-corrected chi connectivity index (χ0v) is 16.2. The molecule has 1 aliphatic rings. The van der Waals surface area contributed by atoms with Gasteiger partial charge in [-0.3, -0.25) is 19.3 Å². The topological polar surface area (TPSA) is 67.3 Å². The van der Waals surface area contributed by atoms with E-state index in [1.165, 1.54) is 4.90 Å². The molecule has 2 aromatic carbocycles. The highest BCUT2D eigenvalue weighted by Gasteiger charge is 2.52. The molecular formula is C22H15BrN2O3. The number of ketones is 2. The van der Waals surface area contributed by atoms with Crippen LogP contribution in [0.2, 0.25) is 0 Å². The summed E-state index contributed by atoms with van der Waals surface area (Å²) in [6.45, 7) is 0. The van der Waals surface area contributed by atoms with Gasteiger partial charge in [-0.1, -0.05) is 76.6 Å². The maximum absolute atomic E-state index is 13.2. The van der Waals surface area contributed by atoms with E-state index in [0.29, 0.717) is 16.9 Å². The summed E-state index contributed by atoms with van der Waals surface area (Å²) in [7, 11) is 0. The van der Waals surface area contributed by atoms with Gasteiger partial charge in [-0.05, 0) is 17.7 Å². The molecule has 4 rings (SSSR count). The molecule has 0 spiro atoms. The van der Waals surface area contributed by atoms with Gasteiger partial charge in [0.25, 0.3) is 5.91 Å². The first-order valence-corrected chi connectivity index (χ1v) is 9.50. The molecule has 1 aliphatic heterocycles. The van der Waals surface area contributed by atoms with Crippen LogP contribution < -0.4 is 4.90 Å². The van der Waals surface area contributed by atoms with Gasteiger partial charge in [0.05, 0.1) is 6.04 Å². The molecule has 1 amide bonds. The Morgan fingerprint density at radius 1 is 0.929 bits per heavy atom. The first-order chi connectivity index (χ1) is 13.6. The van der Waals surface area contributed by atoms with Gasteiger partial charge >= 0.3 is 0 Å². The number of carbonyl (C=O) groups excluding carboxylic acids is 3. The lowest BCUT2D eigenvalue weighted by Crippen LogP contribution is -2.31. The summed E-state index contributed by atoms with van der Waals surface area (Å²) < 4.78 is 0.724. The molecule has 1 saturated heterocycles. The van der Waals surface area contributed by atoms with Crippen molar-refractivity contribution in [2.45, 2.75) is 6.04 Å². The standard InChI is InChI=1S/C22H15BrN2O3/c23-16-11-12-24-17(13-16)25-19(14-7-3-1-4-8-14)18(21(27)22(25)28)20(26)15-9-5-2-6-10-15/h1-13,18-19H. The molecule has 6 heteroatoms. The van der Waals surface area contributed by atoms with Crippen molar-refractivity contribution in [2.24, 2.45) is 5.92 Å². The number of benzene rings is 2. The first-order valence-electron chi connectivity index (χ1n) is 8.71. The number of nitrogens with zero attached hydrogens (tertiary/aromatic N) is 2. The molecule has 0 bridgehead atoms. The maximum atomic E-state index is 13.2. The van der Waals surface area contributed by atoms with Crippen molar-refractivity contribution in [1.82, 2.24) is 4.98 Å². The van der Waals surface area contributed by atoms with E-state index in [0.717, 1.165) is 4.47 Å². The van der Waals surface area contributed by atoms with E-state index in [9.17, 15) is 14.4 Å². The molecule has 0 N–H and O–H groups in total. The minimum absolute atomic E-state index is 0.324. The smallest absolute Gasteiger partial charge is 0.293 e. The van der Waals surface area contributed by atoms with Crippen LogP contribution in [0, 0.1) is 5.92 Å². The molecule has 2 heterocycles. The molecule has 0 radical (unpaired) electrons. The number of anilines is 1. The second-order valence-corrected chi connectivity index (χ2v) is 7.35. The Balaban J connectivity index is 1.86. The number of hydrogen-bond donors (Lipinski definition) is 0. The Morgan fingerprint density at radius 3 is 2.21 bits per heavy atom. The maximum Gasteiger partial charge on any atom is 0.297 e. The van der Waals surface area contributed by atoms with Crippen molar-refractivity contribution < 1.29 is 14.4 Å². The molecule has 28 heavy (non-hydrogen) atoms. The average molecular weight is 435 g/mol. The normalized spacial score (nSPS) is 19.1. The second-order valence-electron chi connectivity index (χ2n) is 6.44. The Kier molecular flexibility index (Phi) is 4.88. The van der Waals surface area contributed by atoms with Crippen LogP contribution in [0.1, 0.15) is 22.0 Å². The molecule has 1 fully saturated rings. The average Bonchev–Trinajstić information content (AvgIpc) is 3.00. The third-order valence-corrected chi connectivity index (χ3v) is 5.24. The van der Waals surface area contributed by atoms with Gasteiger partial charge in [0, 0.05) is 16.2 Å². The van der Waals surface area contributed by atoms with E-state index in [1.807, 2.05) is 30.3 Å². The van der Waals surface area contributed by atoms with Crippen molar-refractivity contribution in [3.63, 3.8) is 0 Å². The van der Waals surface area contributed by atoms with Crippen LogP contribution >= 0.6 is 15.9 Å². The fourth-order valence-corrected chi connectivity index (χ4v) is 3.80. The molecule has 5 nitrogen and oxygen atoms in total. The number of pyridine rings is 1. The number of hydrogen-bond acceptors (Lipinski definition) is 4. The highest BCUT2D eigenvalue weighted by Crippen LogP contribution is 2.40. The highest BCUT2D eigenvalue weighted by molar-refractivity contribution is 9.10. The minimum Gasteiger partial charge on any atom is -0.293 e. The van der Waals surface area contributed by atoms with Gasteiger partial charge in [0.2, 0.25) is 5.78 Å². The number of carbonyl (C=O) groups is 3. The summed E-state index contributed by atoms with van der Waals surface area (Å²) in [5, 5.41) is 0. The van der Waals surface area contributed by atoms with E-state index in [1.54, 1.807) is 48.7 Å². The molecule has 3 aromatic rings. The van der Waals surface area contributed by atoms with Crippen molar-refractivity contribution in [2.75, 3.05) is 4.90 Å². The van der Waals surface area contributed by atoms with Gasteiger partial charge in [-0.25, -0.2) is 4.98 Å². The van der Waals surface area contributed by atoms with E-state index in [4.69, 9.17) is 0 Å². The molecular weight excluding hydrogens is 420 g/mol. The predicted molar refractivity (Wildman–Crippen MR) is 108 cm³/mol.